The van der Waals surface area contributed by atoms with Crippen molar-refractivity contribution in [2.24, 2.45) is 0 Å². The minimum Gasteiger partial charge on any atom is -0.335 e. The second-order valence-electron chi connectivity index (χ2n) is 5.30. The number of sulfone groups is 1. The summed E-state index contributed by atoms with van der Waals surface area (Å²) in [6.07, 6.45) is 2.29. The Balaban J connectivity index is 0.00000126. The quantitative estimate of drug-likeness (QED) is 0.632. The molecule has 0 unspecified atom stereocenters. The maximum Gasteiger partial charge on any atom is 0.366 e. The maximum atomic E-state index is 13.2. The van der Waals surface area contributed by atoms with E-state index in [1.807, 2.05) is 13.8 Å². The van der Waals surface area contributed by atoms with Gasteiger partial charge in [0.15, 0.2) is 0 Å². The van der Waals surface area contributed by atoms with Gasteiger partial charge in [-0.3, -0.25) is 0 Å². The van der Waals surface area contributed by atoms with Gasteiger partial charge in [-0.25, -0.2) is 32.3 Å². The first kappa shape index (κ1) is 20.5. The molecule has 2 aromatic heterocycles. The molecule has 0 aliphatic rings. The summed E-state index contributed by atoms with van der Waals surface area (Å²) in [5.74, 6) is -0.439. The molecule has 27 heavy (non-hydrogen) atoms. The molecule has 0 atom stereocenters. The Hall–Kier alpha value is -2.81. The highest BCUT2D eigenvalue weighted by molar-refractivity contribution is 7.90. The summed E-state index contributed by atoms with van der Waals surface area (Å²) in [4.78, 5) is 20.1. The van der Waals surface area contributed by atoms with Crippen molar-refractivity contribution in [2.45, 2.75) is 32.5 Å². The van der Waals surface area contributed by atoms with E-state index in [0.717, 1.165) is 6.26 Å². The monoisotopic (exact) mass is 393 g/mol. The molecule has 0 saturated heterocycles. The minimum atomic E-state index is -3.62. The molecular weight excluding hydrogens is 373 g/mol. The van der Waals surface area contributed by atoms with Crippen molar-refractivity contribution in [1.82, 2.24) is 14.7 Å². The van der Waals surface area contributed by atoms with Gasteiger partial charge in [-0.1, -0.05) is 26.0 Å². The van der Waals surface area contributed by atoms with E-state index in [-0.39, 0.29) is 16.4 Å². The predicted molar refractivity (Wildman–Crippen MR) is 99.5 cm³/mol. The summed E-state index contributed by atoms with van der Waals surface area (Å²) in [5.41, 5.74) is 0.536. The van der Waals surface area contributed by atoms with Crippen LogP contribution in [0.3, 0.4) is 0 Å². The lowest BCUT2D eigenvalue weighted by Crippen LogP contribution is -2.06. The number of halogens is 1. The number of rotatable bonds is 4. The third kappa shape index (κ3) is 4.30. The molecule has 0 fully saturated rings. The highest BCUT2D eigenvalue weighted by atomic mass is 32.2. The van der Waals surface area contributed by atoms with Crippen LogP contribution in [0.5, 0.6) is 0 Å². The number of nitrogens with zero attached hydrogens (tertiary/aromatic N) is 3. The molecule has 3 rings (SSSR count). The van der Waals surface area contributed by atoms with E-state index in [1.54, 1.807) is 6.92 Å². The van der Waals surface area contributed by atoms with Crippen LogP contribution in [0.2, 0.25) is 0 Å². The Morgan fingerprint density at radius 3 is 2.33 bits per heavy atom. The van der Waals surface area contributed by atoms with Crippen LogP contribution in [-0.4, -0.2) is 29.4 Å². The van der Waals surface area contributed by atoms with Crippen LogP contribution in [0.1, 0.15) is 20.8 Å². The van der Waals surface area contributed by atoms with Crippen molar-refractivity contribution in [3.8, 4) is 22.5 Å². The van der Waals surface area contributed by atoms with Crippen LogP contribution in [0, 0.1) is 5.82 Å². The zero-order chi connectivity index (χ0) is 20.2. The van der Waals surface area contributed by atoms with Crippen LogP contribution in [0.15, 0.2) is 51.0 Å². The number of hydrogen-bond donors (Lipinski definition) is 0. The molecular formula is C18H20FN3O4S. The number of hydrogen-bond acceptors (Lipinski definition) is 6. The molecule has 0 radical (unpaired) electrons. The molecule has 9 heteroatoms. The summed E-state index contributed by atoms with van der Waals surface area (Å²) >= 11 is 0. The van der Waals surface area contributed by atoms with Crippen LogP contribution in [0.4, 0.5) is 4.39 Å². The number of aryl methyl sites for hydroxylation is 1. The van der Waals surface area contributed by atoms with E-state index >= 15 is 0 Å². The Morgan fingerprint density at radius 2 is 1.78 bits per heavy atom. The molecule has 0 spiro atoms. The largest absolute Gasteiger partial charge is 0.366 e. The standard InChI is InChI=1S/C16H14FN3O4S.C2H6/c1-3-20-14(12-8-9-18-16(19-12)25(2,22)23)13(15(21)24-20)10-4-6-11(17)7-5-10;1-2/h4-9H,3H2,1-2H3;1-2H3. The average Bonchev–Trinajstić information content (AvgIpc) is 3.00. The van der Waals surface area contributed by atoms with Gasteiger partial charge in [0.25, 0.3) is 0 Å². The molecule has 0 bridgehead atoms. The van der Waals surface area contributed by atoms with Crippen molar-refractivity contribution in [3.05, 3.63) is 52.8 Å². The van der Waals surface area contributed by atoms with Crippen molar-refractivity contribution in [1.29, 1.82) is 0 Å². The van der Waals surface area contributed by atoms with Crippen LogP contribution >= 0.6 is 0 Å². The summed E-state index contributed by atoms with van der Waals surface area (Å²) < 4.78 is 43.1. The van der Waals surface area contributed by atoms with E-state index < -0.39 is 21.3 Å². The number of benzene rings is 1. The molecule has 0 aliphatic heterocycles. The van der Waals surface area contributed by atoms with Crippen molar-refractivity contribution in [2.75, 3.05) is 6.26 Å². The van der Waals surface area contributed by atoms with E-state index in [1.165, 1.54) is 41.3 Å². The smallest absolute Gasteiger partial charge is 0.335 e. The SMILES string of the molecule is CC.CCn1oc(=O)c(-c2ccc(F)cc2)c1-c1ccnc(S(C)(=O)=O)n1. The molecule has 144 valence electrons. The highest BCUT2D eigenvalue weighted by Crippen LogP contribution is 2.29. The van der Waals surface area contributed by atoms with Crippen molar-refractivity contribution >= 4 is 9.84 Å². The van der Waals surface area contributed by atoms with Gasteiger partial charge in [0.2, 0.25) is 15.0 Å². The van der Waals surface area contributed by atoms with Gasteiger partial charge >= 0.3 is 5.63 Å². The molecule has 0 saturated carbocycles. The highest BCUT2D eigenvalue weighted by Gasteiger charge is 2.22. The van der Waals surface area contributed by atoms with Crippen molar-refractivity contribution in [3.63, 3.8) is 0 Å². The number of aromatic nitrogens is 3. The van der Waals surface area contributed by atoms with Crippen LogP contribution in [-0.2, 0) is 16.4 Å². The van der Waals surface area contributed by atoms with E-state index in [2.05, 4.69) is 9.97 Å². The molecule has 2 heterocycles. The molecule has 0 aliphatic carbocycles. The second-order valence-corrected chi connectivity index (χ2v) is 7.21. The molecule has 0 N–H and O–H groups in total. The minimum absolute atomic E-state index is 0.181. The van der Waals surface area contributed by atoms with Gasteiger partial charge in [0.05, 0.1) is 17.8 Å². The zero-order valence-corrected chi connectivity index (χ0v) is 16.2. The summed E-state index contributed by atoms with van der Waals surface area (Å²) in [6.45, 7) is 6.09. The predicted octanol–water partition coefficient (Wildman–Crippen LogP) is 3.15. The van der Waals surface area contributed by atoms with Crippen LogP contribution < -0.4 is 5.63 Å². The van der Waals surface area contributed by atoms with E-state index in [0.29, 0.717) is 17.8 Å². The molecule has 3 aromatic rings. The Kier molecular flexibility index (Phi) is 6.27. The fourth-order valence-corrected chi connectivity index (χ4v) is 2.93. The van der Waals surface area contributed by atoms with Gasteiger partial charge in [0, 0.05) is 12.5 Å². The maximum absolute atomic E-state index is 13.2. The fraction of sp³-hybridized carbons (Fsp3) is 0.278. The average molecular weight is 393 g/mol. The van der Waals surface area contributed by atoms with Gasteiger partial charge in [0.1, 0.15) is 11.5 Å². The lowest BCUT2D eigenvalue weighted by molar-refractivity contribution is 0.263. The Bertz CT molecular complexity index is 1090. The summed E-state index contributed by atoms with van der Waals surface area (Å²) in [6, 6.07) is 6.83. The van der Waals surface area contributed by atoms with Gasteiger partial charge in [-0.2, -0.15) is 0 Å². The lowest BCUT2D eigenvalue weighted by atomic mass is 10.0. The van der Waals surface area contributed by atoms with Crippen LogP contribution in [0.25, 0.3) is 22.5 Å². The summed E-state index contributed by atoms with van der Waals surface area (Å²) in [7, 11) is -3.62. The topological polar surface area (TPSA) is 95.1 Å². The van der Waals surface area contributed by atoms with Gasteiger partial charge in [-0.05, 0) is 30.7 Å². The van der Waals surface area contributed by atoms with Gasteiger partial charge in [-0.15, -0.1) is 0 Å². The first-order valence-electron chi connectivity index (χ1n) is 8.34. The zero-order valence-electron chi connectivity index (χ0n) is 15.4. The Labute approximate surface area is 156 Å². The lowest BCUT2D eigenvalue weighted by Gasteiger charge is -2.07. The Morgan fingerprint density at radius 1 is 1.15 bits per heavy atom. The molecule has 7 nitrogen and oxygen atoms in total. The normalized spacial score (nSPS) is 11.0. The second kappa shape index (κ2) is 8.26. The molecule has 1 aromatic carbocycles. The molecule has 0 amide bonds. The fourth-order valence-electron chi connectivity index (χ4n) is 2.41. The van der Waals surface area contributed by atoms with Gasteiger partial charge < -0.3 is 4.52 Å². The van der Waals surface area contributed by atoms with E-state index in [9.17, 15) is 17.6 Å². The third-order valence-electron chi connectivity index (χ3n) is 3.51. The van der Waals surface area contributed by atoms with Crippen molar-refractivity contribution < 1.29 is 17.3 Å². The third-order valence-corrected chi connectivity index (χ3v) is 4.37. The summed E-state index contributed by atoms with van der Waals surface area (Å²) in [5, 5.41) is -0.355. The van der Waals surface area contributed by atoms with E-state index in [4.69, 9.17) is 4.52 Å². The first-order valence-corrected chi connectivity index (χ1v) is 10.2. The first-order chi connectivity index (χ1) is 12.8.